The second kappa shape index (κ2) is 4.66. The number of nitrogens with zero attached hydrogens (tertiary/aromatic N) is 1. The van der Waals surface area contributed by atoms with Gasteiger partial charge in [0.25, 0.3) is 5.91 Å². The molecule has 1 heterocycles. The van der Waals surface area contributed by atoms with Crippen LogP contribution in [0, 0.1) is 0 Å². The van der Waals surface area contributed by atoms with Crippen molar-refractivity contribution in [2.45, 2.75) is 32.9 Å². The van der Waals surface area contributed by atoms with E-state index < -0.39 is 5.60 Å². The van der Waals surface area contributed by atoms with Crippen LogP contribution in [0.25, 0.3) is 0 Å². The summed E-state index contributed by atoms with van der Waals surface area (Å²) < 4.78 is 5.73. The highest BCUT2D eigenvalue weighted by Gasteiger charge is 2.41. The zero-order chi connectivity index (χ0) is 14.2. The van der Waals surface area contributed by atoms with Gasteiger partial charge in [-0.2, -0.15) is 0 Å². The van der Waals surface area contributed by atoms with E-state index in [1.165, 1.54) is 11.8 Å². The van der Waals surface area contributed by atoms with Gasteiger partial charge in [0, 0.05) is 6.54 Å². The third-order valence-corrected chi connectivity index (χ3v) is 3.06. The monoisotopic (exact) mass is 262 g/mol. The number of carbonyl (C=O) groups excluding carboxylic acids is 2. The number of Topliss-reactive ketones (excluding diaryl/α,β-unsaturated/α-hetero) is 1. The summed E-state index contributed by atoms with van der Waals surface area (Å²) in [5.74, 6) is 0.310. The molecule has 1 amide bonds. The summed E-state index contributed by atoms with van der Waals surface area (Å²) in [6.07, 6.45) is 0. The van der Waals surface area contributed by atoms with Gasteiger partial charge in [0.2, 0.25) is 0 Å². The maximum Gasteiger partial charge on any atom is 0.271 e. The molecule has 1 aliphatic heterocycles. The summed E-state index contributed by atoms with van der Waals surface area (Å²) in [4.78, 5) is 25.1. The number of rotatable bonds is 3. The van der Waals surface area contributed by atoms with Gasteiger partial charge in [-0.05, 0) is 38.5 Å². The number of benzene rings is 1. The summed E-state index contributed by atoms with van der Waals surface area (Å²) in [6, 6.07) is 5.42. The number of fused-ring (bicyclic) bond motifs is 1. The van der Waals surface area contributed by atoms with Gasteiger partial charge in [0.1, 0.15) is 11.5 Å². The largest absolute Gasteiger partial charge is 0.476 e. The first-order chi connectivity index (χ1) is 8.85. The average molecular weight is 262 g/mol. The fourth-order valence-corrected chi connectivity index (χ4v) is 2.12. The van der Waals surface area contributed by atoms with Crippen LogP contribution in [0.4, 0.5) is 5.69 Å². The van der Waals surface area contributed by atoms with Gasteiger partial charge in [-0.25, -0.2) is 0 Å². The van der Waals surface area contributed by atoms with E-state index in [2.05, 4.69) is 0 Å². The summed E-state index contributed by atoms with van der Waals surface area (Å²) in [5.41, 5.74) is 6.17. The fourth-order valence-electron chi connectivity index (χ4n) is 2.12. The summed E-state index contributed by atoms with van der Waals surface area (Å²) in [7, 11) is 0. The minimum Gasteiger partial charge on any atom is -0.476 e. The number of hydrogen-bond acceptors (Lipinski definition) is 4. The van der Waals surface area contributed by atoms with Crippen molar-refractivity contribution in [1.82, 2.24) is 0 Å². The molecule has 1 aliphatic rings. The molecular formula is C14H18N2O3. The average Bonchev–Trinajstić information content (AvgIpc) is 2.33. The third kappa shape index (κ3) is 2.46. The number of ether oxygens (including phenoxy) is 1. The second-order valence-electron chi connectivity index (χ2n) is 5.21. The molecule has 0 saturated carbocycles. The predicted octanol–water partition coefficient (Wildman–Crippen LogP) is 1.24. The summed E-state index contributed by atoms with van der Waals surface area (Å²) >= 11 is 0. The lowest BCUT2D eigenvalue weighted by molar-refractivity contribution is -0.133. The van der Waals surface area contributed by atoms with Crippen molar-refractivity contribution in [3.63, 3.8) is 0 Å². The Morgan fingerprint density at radius 1 is 1.42 bits per heavy atom. The topological polar surface area (TPSA) is 72.6 Å². The molecule has 5 nitrogen and oxygen atoms in total. The van der Waals surface area contributed by atoms with Crippen molar-refractivity contribution < 1.29 is 14.3 Å². The first-order valence-corrected chi connectivity index (χ1v) is 6.18. The van der Waals surface area contributed by atoms with Crippen molar-refractivity contribution in [2.24, 2.45) is 5.73 Å². The lowest BCUT2D eigenvalue weighted by Gasteiger charge is -2.38. The molecule has 1 aromatic carbocycles. The van der Waals surface area contributed by atoms with Gasteiger partial charge in [0.15, 0.2) is 5.60 Å². The molecule has 2 N–H and O–H groups in total. The van der Waals surface area contributed by atoms with Gasteiger partial charge in [-0.1, -0.05) is 6.07 Å². The summed E-state index contributed by atoms with van der Waals surface area (Å²) in [6.45, 7) is 5.31. The van der Waals surface area contributed by atoms with Crippen LogP contribution in [-0.2, 0) is 16.1 Å². The van der Waals surface area contributed by atoms with Crippen molar-refractivity contribution >= 4 is 17.4 Å². The van der Waals surface area contributed by atoms with Crippen LogP contribution in [0.5, 0.6) is 5.75 Å². The fraction of sp³-hybridized carbons (Fsp3) is 0.429. The maximum absolute atomic E-state index is 12.3. The molecule has 0 fully saturated rings. The number of nitrogens with two attached hydrogens (primary N) is 1. The zero-order valence-corrected chi connectivity index (χ0v) is 11.4. The van der Waals surface area contributed by atoms with Crippen molar-refractivity contribution in [3.05, 3.63) is 23.8 Å². The Morgan fingerprint density at radius 2 is 2.11 bits per heavy atom. The Kier molecular flexibility index (Phi) is 3.32. The van der Waals surface area contributed by atoms with Crippen molar-refractivity contribution in [3.8, 4) is 5.75 Å². The van der Waals surface area contributed by atoms with Crippen LogP contribution in [-0.4, -0.2) is 23.8 Å². The standard InChI is InChI=1S/C14H18N2O3/c1-9(17)8-16-11-5-4-10(7-15)6-12(11)19-14(2,3)13(16)18/h4-6H,7-8,15H2,1-3H3. The van der Waals surface area contributed by atoms with Gasteiger partial charge in [0.05, 0.1) is 12.2 Å². The number of amides is 1. The van der Waals surface area contributed by atoms with E-state index in [9.17, 15) is 9.59 Å². The van der Waals surface area contributed by atoms with E-state index in [4.69, 9.17) is 10.5 Å². The normalized spacial score (nSPS) is 16.8. The Labute approximate surface area is 112 Å². The Hall–Kier alpha value is -1.88. The van der Waals surface area contributed by atoms with Crippen LogP contribution >= 0.6 is 0 Å². The van der Waals surface area contributed by atoms with E-state index in [0.29, 0.717) is 18.0 Å². The molecule has 0 saturated heterocycles. The smallest absolute Gasteiger partial charge is 0.271 e. The Balaban J connectivity index is 2.50. The van der Waals surface area contributed by atoms with Crippen LogP contribution in [0.1, 0.15) is 26.3 Å². The highest BCUT2D eigenvalue weighted by atomic mass is 16.5. The molecule has 0 bridgehead atoms. The Bertz CT molecular complexity index is 537. The molecule has 1 aromatic rings. The van der Waals surface area contributed by atoms with E-state index in [-0.39, 0.29) is 18.2 Å². The van der Waals surface area contributed by atoms with Crippen LogP contribution < -0.4 is 15.4 Å². The molecular weight excluding hydrogens is 244 g/mol. The predicted molar refractivity (Wildman–Crippen MR) is 72.1 cm³/mol. The van der Waals surface area contributed by atoms with E-state index in [0.717, 1.165) is 5.56 Å². The quantitative estimate of drug-likeness (QED) is 0.889. The van der Waals surface area contributed by atoms with Gasteiger partial charge < -0.3 is 10.5 Å². The molecule has 0 aliphatic carbocycles. The Morgan fingerprint density at radius 3 is 2.68 bits per heavy atom. The first kappa shape index (κ1) is 13.5. The number of hydrogen-bond donors (Lipinski definition) is 1. The molecule has 2 rings (SSSR count). The zero-order valence-electron chi connectivity index (χ0n) is 11.4. The van der Waals surface area contributed by atoms with Crippen molar-refractivity contribution in [2.75, 3.05) is 11.4 Å². The van der Waals surface area contributed by atoms with Crippen LogP contribution in [0.2, 0.25) is 0 Å². The van der Waals surface area contributed by atoms with Crippen molar-refractivity contribution in [1.29, 1.82) is 0 Å². The van der Waals surface area contributed by atoms with E-state index in [1.807, 2.05) is 12.1 Å². The van der Waals surface area contributed by atoms with Crippen LogP contribution in [0.15, 0.2) is 18.2 Å². The lowest BCUT2D eigenvalue weighted by Crippen LogP contribution is -2.53. The molecule has 0 spiro atoms. The molecule has 0 unspecified atom stereocenters. The van der Waals surface area contributed by atoms with Crippen LogP contribution in [0.3, 0.4) is 0 Å². The second-order valence-corrected chi connectivity index (χ2v) is 5.21. The minimum absolute atomic E-state index is 0.0561. The number of carbonyl (C=O) groups is 2. The molecule has 102 valence electrons. The van der Waals surface area contributed by atoms with Gasteiger partial charge >= 0.3 is 0 Å². The number of anilines is 1. The van der Waals surface area contributed by atoms with Gasteiger partial charge in [-0.3, -0.25) is 14.5 Å². The maximum atomic E-state index is 12.3. The highest BCUT2D eigenvalue weighted by Crippen LogP contribution is 2.38. The molecule has 5 heteroatoms. The summed E-state index contributed by atoms with van der Waals surface area (Å²) in [5, 5.41) is 0. The molecule has 0 atom stereocenters. The SMILES string of the molecule is CC(=O)CN1C(=O)C(C)(C)Oc2cc(CN)ccc21. The first-order valence-electron chi connectivity index (χ1n) is 6.18. The van der Waals surface area contributed by atoms with Gasteiger partial charge in [-0.15, -0.1) is 0 Å². The lowest BCUT2D eigenvalue weighted by atomic mass is 10.0. The highest BCUT2D eigenvalue weighted by molar-refractivity contribution is 6.05. The molecule has 19 heavy (non-hydrogen) atoms. The van der Waals surface area contributed by atoms with E-state index >= 15 is 0 Å². The molecule has 0 aromatic heterocycles. The third-order valence-electron chi connectivity index (χ3n) is 3.06. The number of ketones is 1. The van der Waals surface area contributed by atoms with E-state index in [1.54, 1.807) is 19.9 Å². The molecule has 0 radical (unpaired) electrons. The minimum atomic E-state index is -0.977.